The number of carbonyl (C=O) groups is 1. The average Bonchev–Trinajstić information content (AvgIpc) is 2.54. The summed E-state index contributed by atoms with van der Waals surface area (Å²) < 4.78 is 4.76. The van der Waals surface area contributed by atoms with Crippen molar-refractivity contribution in [3.63, 3.8) is 0 Å². The minimum absolute atomic E-state index is 0. The highest BCUT2D eigenvalue weighted by Crippen LogP contribution is 2.11. The molecule has 2 N–H and O–H groups in total. The van der Waals surface area contributed by atoms with E-state index in [1.807, 2.05) is 11.8 Å². The van der Waals surface area contributed by atoms with Gasteiger partial charge < -0.3 is 20.3 Å². The van der Waals surface area contributed by atoms with Crippen LogP contribution in [-0.2, 0) is 4.74 Å². The summed E-state index contributed by atoms with van der Waals surface area (Å²) in [5, 5.41) is 6.77. The summed E-state index contributed by atoms with van der Waals surface area (Å²) in [5.41, 5.74) is 0. The fourth-order valence-corrected chi connectivity index (χ4v) is 2.89. The molecule has 0 unspecified atom stereocenters. The number of hydrogen-bond acceptors (Lipinski definition) is 4. The fraction of sp³-hybridized carbons (Fsp3) is 0.867. The van der Waals surface area contributed by atoms with E-state index in [0.717, 1.165) is 51.4 Å². The van der Waals surface area contributed by atoms with E-state index in [-0.39, 0.29) is 30.1 Å². The van der Waals surface area contributed by atoms with Gasteiger partial charge in [-0.05, 0) is 44.6 Å². The van der Waals surface area contributed by atoms with Gasteiger partial charge in [0.25, 0.3) is 0 Å². The summed E-state index contributed by atoms with van der Waals surface area (Å²) in [4.78, 5) is 17.9. The fourth-order valence-electron chi connectivity index (χ4n) is 2.40. The molecule has 0 aromatic carbocycles. The van der Waals surface area contributed by atoms with Crippen molar-refractivity contribution >= 4 is 47.8 Å². The summed E-state index contributed by atoms with van der Waals surface area (Å²) in [7, 11) is 1.43. The van der Waals surface area contributed by atoms with Crippen LogP contribution in [0, 0.1) is 0 Å². The van der Waals surface area contributed by atoms with Gasteiger partial charge >= 0.3 is 6.09 Å². The Hall–Kier alpha value is -0.380. The minimum atomic E-state index is -0.229. The Kier molecular flexibility index (Phi) is 13.8. The molecule has 1 amide bonds. The third-order valence-electron chi connectivity index (χ3n) is 3.64. The van der Waals surface area contributed by atoms with E-state index in [1.165, 1.54) is 19.3 Å². The molecule has 1 saturated heterocycles. The van der Waals surface area contributed by atoms with Crippen LogP contribution in [-0.4, -0.2) is 68.3 Å². The Bertz CT molecular complexity index is 350. The number of piperidine rings is 1. The average molecular weight is 458 g/mol. The van der Waals surface area contributed by atoms with Gasteiger partial charge in [-0.3, -0.25) is 4.99 Å². The lowest BCUT2D eigenvalue weighted by atomic mass is 10.1. The highest BCUT2D eigenvalue weighted by atomic mass is 127. The number of thioether (sulfide) groups is 1. The minimum Gasteiger partial charge on any atom is -0.453 e. The van der Waals surface area contributed by atoms with Crippen LogP contribution < -0.4 is 10.6 Å². The number of ether oxygens (including phenoxy) is 1. The summed E-state index contributed by atoms with van der Waals surface area (Å²) in [6, 6.07) is 0.366. The molecule has 1 aliphatic heterocycles. The molecule has 23 heavy (non-hydrogen) atoms. The van der Waals surface area contributed by atoms with E-state index < -0.39 is 0 Å². The number of amides is 1. The maximum absolute atomic E-state index is 11.5. The first kappa shape index (κ1) is 22.6. The molecule has 0 radical (unpaired) electrons. The Labute approximate surface area is 161 Å². The molecule has 1 fully saturated rings. The highest BCUT2D eigenvalue weighted by Gasteiger charge is 2.23. The number of nitrogens with zero attached hydrogens (tertiary/aromatic N) is 2. The standard InChI is InChI=1S/C15H30N4O2S.HI/c1-4-16-14(17-9-5-6-12-22-3)18-13-7-10-19(11-8-13)15(20)21-2;/h13H,4-12H2,1-3H3,(H2,16,17,18);1H. The van der Waals surface area contributed by atoms with Crippen LogP contribution in [0.25, 0.3) is 0 Å². The predicted molar refractivity (Wildman–Crippen MR) is 109 cm³/mol. The van der Waals surface area contributed by atoms with Gasteiger partial charge in [0.1, 0.15) is 0 Å². The normalized spacial score (nSPS) is 15.8. The Balaban J connectivity index is 0.00000484. The largest absolute Gasteiger partial charge is 0.453 e. The van der Waals surface area contributed by atoms with Crippen molar-refractivity contribution in [3.05, 3.63) is 0 Å². The van der Waals surface area contributed by atoms with Crippen molar-refractivity contribution in [2.45, 2.75) is 38.6 Å². The van der Waals surface area contributed by atoms with Crippen molar-refractivity contribution in [3.8, 4) is 0 Å². The summed E-state index contributed by atoms with van der Waals surface area (Å²) in [6.45, 7) is 5.26. The topological polar surface area (TPSA) is 66.0 Å². The highest BCUT2D eigenvalue weighted by molar-refractivity contribution is 14.0. The molecule has 8 heteroatoms. The zero-order chi connectivity index (χ0) is 16.2. The monoisotopic (exact) mass is 458 g/mol. The van der Waals surface area contributed by atoms with Crippen LogP contribution in [0.1, 0.15) is 32.6 Å². The Morgan fingerprint density at radius 1 is 1.35 bits per heavy atom. The van der Waals surface area contributed by atoms with Gasteiger partial charge in [0, 0.05) is 32.2 Å². The molecule has 1 rings (SSSR count). The number of carbonyl (C=O) groups excluding carboxylic acids is 1. The Morgan fingerprint density at radius 3 is 2.61 bits per heavy atom. The molecule has 0 atom stereocenters. The zero-order valence-corrected chi connectivity index (χ0v) is 17.6. The van der Waals surface area contributed by atoms with Crippen LogP contribution in [0.5, 0.6) is 0 Å². The lowest BCUT2D eigenvalue weighted by molar-refractivity contribution is 0.111. The van der Waals surface area contributed by atoms with Crippen LogP contribution >= 0.6 is 35.7 Å². The number of halogens is 1. The molecule has 136 valence electrons. The summed E-state index contributed by atoms with van der Waals surface area (Å²) in [6.07, 6.45) is 6.08. The van der Waals surface area contributed by atoms with Gasteiger partial charge in [0.2, 0.25) is 0 Å². The molecule has 0 bridgehead atoms. The van der Waals surface area contributed by atoms with E-state index in [2.05, 4.69) is 28.8 Å². The van der Waals surface area contributed by atoms with E-state index in [0.29, 0.717) is 6.04 Å². The van der Waals surface area contributed by atoms with Crippen LogP contribution in [0.4, 0.5) is 4.79 Å². The van der Waals surface area contributed by atoms with Gasteiger partial charge in [-0.1, -0.05) is 0 Å². The van der Waals surface area contributed by atoms with Crippen LogP contribution in [0.3, 0.4) is 0 Å². The first-order valence-corrected chi connectivity index (χ1v) is 9.47. The number of unbranched alkanes of at least 4 members (excludes halogenated alkanes) is 1. The number of rotatable bonds is 7. The quantitative estimate of drug-likeness (QED) is 0.266. The summed E-state index contributed by atoms with van der Waals surface area (Å²) >= 11 is 1.88. The smallest absolute Gasteiger partial charge is 0.409 e. The van der Waals surface area contributed by atoms with Crippen LogP contribution in [0.2, 0.25) is 0 Å². The molecule has 1 heterocycles. The van der Waals surface area contributed by atoms with Crippen molar-refractivity contribution in [2.75, 3.05) is 45.3 Å². The van der Waals surface area contributed by atoms with Crippen LogP contribution in [0.15, 0.2) is 4.99 Å². The van der Waals surface area contributed by atoms with E-state index in [9.17, 15) is 4.79 Å². The first-order valence-electron chi connectivity index (χ1n) is 8.08. The first-order chi connectivity index (χ1) is 10.7. The van der Waals surface area contributed by atoms with Gasteiger partial charge in [-0.25, -0.2) is 4.79 Å². The predicted octanol–water partition coefficient (Wildman–Crippen LogP) is 2.53. The maximum atomic E-state index is 11.5. The van der Waals surface area contributed by atoms with Crippen molar-refractivity contribution in [2.24, 2.45) is 4.99 Å². The van der Waals surface area contributed by atoms with E-state index >= 15 is 0 Å². The molecule has 0 aromatic rings. The molecule has 6 nitrogen and oxygen atoms in total. The Morgan fingerprint density at radius 2 is 2.04 bits per heavy atom. The number of likely N-dealkylation sites (tertiary alicyclic amines) is 1. The van der Waals surface area contributed by atoms with Gasteiger partial charge in [0.05, 0.1) is 7.11 Å². The SMILES string of the molecule is CCNC(=NCCCCSC)NC1CCN(C(=O)OC)CC1.I. The molecule has 0 aliphatic carbocycles. The third-order valence-corrected chi connectivity index (χ3v) is 4.34. The molecule has 0 saturated carbocycles. The molecule has 1 aliphatic rings. The van der Waals surface area contributed by atoms with Gasteiger partial charge in [-0.2, -0.15) is 11.8 Å². The van der Waals surface area contributed by atoms with Gasteiger partial charge in [0.15, 0.2) is 5.96 Å². The van der Waals surface area contributed by atoms with E-state index in [4.69, 9.17) is 4.74 Å². The maximum Gasteiger partial charge on any atom is 0.409 e. The lowest BCUT2D eigenvalue weighted by Crippen LogP contribution is -2.49. The second-order valence-corrected chi connectivity index (χ2v) is 6.32. The van der Waals surface area contributed by atoms with Crippen molar-refractivity contribution in [1.29, 1.82) is 0 Å². The lowest BCUT2D eigenvalue weighted by Gasteiger charge is -2.32. The van der Waals surface area contributed by atoms with Gasteiger partial charge in [-0.15, -0.1) is 24.0 Å². The van der Waals surface area contributed by atoms with Crippen molar-refractivity contribution < 1.29 is 9.53 Å². The summed E-state index contributed by atoms with van der Waals surface area (Å²) in [5.74, 6) is 2.09. The molecular weight excluding hydrogens is 427 g/mol. The van der Waals surface area contributed by atoms with E-state index in [1.54, 1.807) is 4.90 Å². The molecule has 0 spiro atoms. The number of guanidine groups is 1. The molecule has 0 aromatic heterocycles. The molecular formula is C15H31IN4O2S. The zero-order valence-electron chi connectivity index (χ0n) is 14.5. The second-order valence-electron chi connectivity index (χ2n) is 5.34. The number of methoxy groups -OCH3 is 1. The number of hydrogen-bond donors (Lipinski definition) is 2. The number of aliphatic imine (C=N–C) groups is 1. The number of nitrogens with one attached hydrogen (secondary N) is 2. The second kappa shape index (κ2) is 14.0. The third kappa shape index (κ3) is 9.49. The van der Waals surface area contributed by atoms with Crippen molar-refractivity contribution in [1.82, 2.24) is 15.5 Å².